The molecule has 89 heavy (non-hydrogen) atoms. The van der Waals surface area contributed by atoms with Gasteiger partial charge in [-0.15, -0.1) is 0 Å². The number of unbranched alkanes of at least 4 members (excludes halogenated alkanes) is 42. The van der Waals surface area contributed by atoms with Crippen LogP contribution in [0.3, 0.4) is 0 Å². The maximum absolute atomic E-state index is 13.0. The van der Waals surface area contributed by atoms with Gasteiger partial charge in [0.15, 0.2) is 12.2 Å². The van der Waals surface area contributed by atoms with Gasteiger partial charge in [0.25, 0.3) is 0 Å². The fourth-order valence-electron chi connectivity index (χ4n) is 10.6. The van der Waals surface area contributed by atoms with Crippen LogP contribution in [0.15, 0.2) is 0 Å². The SMILES string of the molecule is CCCCCCCCCCCCCCCCC(=O)OC[C@H](COP(=O)(O)OC[C@@H](O)COP(=O)(O)OC[C@@H](COC(=O)CCCCCCCCCC)OC(=O)CCCCCCCCCCCCC)OC(=O)CCCCCCCCCCCCCCCC(C)C. The van der Waals surface area contributed by atoms with Crippen LogP contribution >= 0.6 is 15.6 Å². The van der Waals surface area contributed by atoms with Gasteiger partial charge >= 0.3 is 39.5 Å². The number of carbonyl (C=O) groups is 4. The monoisotopic (exact) mass is 1310 g/mol. The molecule has 2 unspecified atom stereocenters. The lowest BCUT2D eigenvalue weighted by atomic mass is 10.0. The zero-order valence-electron chi connectivity index (χ0n) is 57.6. The molecule has 0 saturated heterocycles. The molecule has 0 aromatic rings. The smallest absolute Gasteiger partial charge is 0.462 e. The molecule has 0 bridgehead atoms. The first-order chi connectivity index (χ1) is 43.0. The molecule has 0 spiro atoms. The van der Waals surface area contributed by atoms with Crippen LogP contribution in [-0.4, -0.2) is 96.7 Å². The lowest BCUT2D eigenvalue weighted by Gasteiger charge is -2.21. The van der Waals surface area contributed by atoms with E-state index < -0.39 is 97.5 Å². The molecule has 5 atom stereocenters. The molecule has 0 rings (SSSR count). The highest BCUT2D eigenvalue weighted by Gasteiger charge is 2.30. The third-order valence-electron chi connectivity index (χ3n) is 16.3. The Morgan fingerprint density at radius 3 is 0.764 bits per heavy atom. The minimum absolute atomic E-state index is 0.107. The predicted octanol–water partition coefficient (Wildman–Crippen LogP) is 20.1. The van der Waals surface area contributed by atoms with Crippen molar-refractivity contribution in [2.24, 2.45) is 5.92 Å². The van der Waals surface area contributed by atoms with Crippen molar-refractivity contribution in [3.05, 3.63) is 0 Å². The van der Waals surface area contributed by atoms with E-state index in [2.05, 4.69) is 34.6 Å². The summed E-state index contributed by atoms with van der Waals surface area (Å²) in [6.45, 7) is 7.24. The fraction of sp³-hybridized carbons (Fsp3) is 0.943. The van der Waals surface area contributed by atoms with Gasteiger partial charge < -0.3 is 33.8 Å². The van der Waals surface area contributed by atoms with Gasteiger partial charge in [0.05, 0.1) is 26.4 Å². The van der Waals surface area contributed by atoms with E-state index in [-0.39, 0.29) is 25.7 Å². The molecule has 0 fully saturated rings. The average molecular weight is 1310 g/mol. The molecule has 0 aliphatic rings. The molecule has 0 saturated carbocycles. The molecule has 17 nitrogen and oxygen atoms in total. The fourth-order valence-corrected chi connectivity index (χ4v) is 12.2. The van der Waals surface area contributed by atoms with Crippen LogP contribution in [0.2, 0.25) is 0 Å². The normalized spacial score (nSPS) is 14.1. The van der Waals surface area contributed by atoms with Gasteiger partial charge in [0.2, 0.25) is 0 Å². The first kappa shape index (κ1) is 87.1. The predicted molar refractivity (Wildman–Crippen MR) is 358 cm³/mol. The third-order valence-corrected chi connectivity index (χ3v) is 18.2. The summed E-state index contributed by atoms with van der Waals surface area (Å²) >= 11 is 0. The molecule has 528 valence electrons. The number of esters is 4. The summed E-state index contributed by atoms with van der Waals surface area (Å²) in [5.41, 5.74) is 0. The van der Waals surface area contributed by atoms with Gasteiger partial charge in [-0.05, 0) is 31.6 Å². The average Bonchev–Trinajstić information content (AvgIpc) is 3.69. The molecule has 0 heterocycles. The molecule has 0 amide bonds. The highest BCUT2D eigenvalue weighted by Crippen LogP contribution is 2.45. The second-order valence-corrected chi connectivity index (χ2v) is 28.7. The summed E-state index contributed by atoms with van der Waals surface area (Å²) in [7, 11) is -9.89. The van der Waals surface area contributed by atoms with Gasteiger partial charge in [0, 0.05) is 25.7 Å². The Morgan fingerprint density at radius 1 is 0.303 bits per heavy atom. The molecule has 3 N–H and O–H groups in total. The number of rotatable bonds is 70. The number of aliphatic hydroxyl groups is 1. The largest absolute Gasteiger partial charge is 0.472 e. The topological polar surface area (TPSA) is 237 Å². The maximum atomic E-state index is 13.0. The van der Waals surface area contributed by atoms with Crippen molar-refractivity contribution in [1.82, 2.24) is 0 Å². The molecule has 0 aliphatic carbocycles. The van der Waals surface area contributed by atoms with Crippen LogP contribution in [0.1, 0.15) is 362 Å². The minimum Gasteiger partial charge on any atom is -0.462 e. The van der Waals surface area contributed by atoms with E-state index >= 15 is 0 Å². The third kappa shape index (κ3) is 64.6. The van der Waals surface area contributed by atoms with Gasteiger partial charge in [-0.1, -0.05) is 311 Å². The number of hydrogen-bond donors (Lipinski definition) is 3. The van der Waals surface area contributed by atoms with E-state index in [0.717, 1.165) is 102 Å². The van der Waals surface area contributed by atoms with Crippen molar-refractivity contribution in [2.75, 3.05) is 39.6 Å². The molecule has 0 aromatic carbocycles. The van der Waals surface area contributed by atoms with Crippen molar-refractivity contribution >= 4 is 39.5 Å². The molecule has 0 aliphatic heterocycles. The van der Waals surface area contributed by atoms with Crippen molar-refractivity contribution < 1.29 is 80.2 Å². The zero-order valence-corrected chi connectivity index (χ0v) is 59.4. The first-order valence-electron chi connectivity index (χ1n) is 36.6. The lowest BCUT2D eigenvalue weighted by molar-refractivity contribution is -0.161. The summed E-state index contributed by atoms with van der Waals surface area (Å²) < 4.78 is 68.2. The van der Waals surface area contributed by atoms with Crippen LogP contribution in [0.4, 0.5) is 0 Å². The van der Waals surface area contributed by atoms with Gasteiger partial charge in [-0.3, -0.25) is 37.3 Å². The Hall–Kier alpha value is -1.94. The van der Waals surface area contributed by atoms with E-state index in [4.69, 9.17) is 37.0 Å². The first-order valence-corrected chi connectivity index (χ1v) is 39.6. The molecule has 19 heteroatoms. The van der Waals surface area contributed by atoms with Crippen LogP contribution < -0.4 is 0 Å². The number of carbonyl (C=O) groups excluding carboxylic acids is 4. The van der Waals surface area contributed by atoms with Crippen LogP contribution in [-0.2, 0) is 65.4 Å². The lowest BCUT2D eigenvalue weighted by Crippen LogP contribution is -2.30. The quantitative estimate of drug-likeness (QED) is 0.0222. The van der Waals surface area contributed by atoms with E-state index in [1.807, 2.05) is 0 Å². The number of phosphoric ester groups is 2. The Bertz CT molecular complexity index is 1720. The second-order valence-electron chi connectivity index (χ2n) is 25.7. The Balaban J connectivity index is 5.22. The van der Waals surface area contributed by atoms with Crippen molar-refractivity contribution in [1.29, 1.82) is 0 Å². The van der Waals surface area contributed by atoms with Crippen molar-refractivity contribution in [3.63, 3.8) is 0 Å². The van der Waals surface area contributed by atoms with Crippen LogP contribution in [0.5, 0.6) is 0 Å². The molecular formula is C70H136O17P2. The standard InChI is InChI=1S/C70H136O17P2/c1-6-9-12-15-18-21-23-24-27-31-34-39-44-49-54-68(73)81-60-66(87-70(75)56-51-46-41-36-32-28-25-26-30-33-37-42-47-52-63(4)5)62-85-89(78,79)83-58-64(71)57-82-88(76,77)84-61-65(59-80-67(72)53-48-43-38-20-17-14-11-8-3)86-69(74)55-50-45-40-35-29-22-19-16-13-10-7-2/h63-66,71H,6-62H2,1-5H3,(H,76,77)(H,78,79)/t64-,65+,66+/m0/s1. The highest BCUT2D eigenvalue weighted by atomic mass is 31.2. The van der Waals surface area contributed by atoms with E-state index in [0.29, 0.717) is 25.7 Å². The van der Waals surface area contributed by atoms with Crippen LogP contribution in [0, 0.1) is 5.92 Å². The van der Waals surface area contributed by atoms with Gasteiger partial charge in [-0.2, -0.15) is 0 Å². The Kier molecular flexibility index (Phi) is 62.1. The minimum atomic E-state index is -4.95. The zero-order chi connectivity index (χ0) is 65.6. The van der Waals surface area contributed by atoms with E-state index in [1.165, 1.54) is 180 Å². The van der Waals surface area contributed by atoms with Crippen molar-refractivity contribution in [2.45, 2.75) is 380 Å². The van der Waals surface area contributed by atoms with Gasteiger partial charge in [-0.25, -0.2) is 9.13 Å². The molecule has 0 aromatic heterocycles. The highest BCUT2D eigenvalue weighted by molar-refractivity contribution is 7.47. The summed E-state index contributed by atoms with van der Waals surface area (Å²) in [6, 6.07) is 0. The summed E-state index contributed by atoms with van der Waals surface area (Å²) in [5.74, 6) is -1.34. The maximum Gasteiger partial charge on any atom is 0.472 e. The molecule has 0 radical (unpaired) electrons. The van der Waals surface area contributed by atoms with E-state index in [1.54, 1.807) is 0 Å². The number of aliphatic hydroxyl groups excluding tert-OH is 1. The summed E-state index contributed by atoms with van der Waals surface area (Å²) in [4.78, 5) is 72.4. The Labute approximate surface area is 543 Å². The molecular weight excluding hydrogens is 1170 g/mol. The van der Waals surface area contributed by atoms with E-state index in [9.17, 15) is 43.2 Å². The summed E-state index contributed by atoms with van der Waals surface area (Å²) in [5, 5.41) is 10.6. The summed E-state index contributed by atoms with van der Waals surface area (Å²) in [6.07, 6.45) is 49.9. The Morgan fingerprint density at radius 2 is 0.517 bits per heavy atom. The van der Waals surface area contributed by atoms with Crippen LogP contribution in [0.25, 0.3) is 0 Å². The number of ether oxygens (including phenoxy) is 4. The van der Waals surface area contributed by atoms with Crippen molar-refractivity contribution in [3.8, 4) is 0 Å². The van der Waals surface area contributed by atoms with Gasteiger partial charge in [0.1, 0.15) is 19.3 Å². The second kappa shape index (κ2) is 63.5. The number of hydrogen-bond acceptors (Lipinski definition) is 15. The number of phosphoric acid groups is 2.